The third-order valence-electron chi connectivity index (χ3n) is 2.84. The molecule has 0 radical (unpaired) electrons. The van der Waals surface area contributed by atoms with Crippen molar-refractivity contribution in [3.63, 3.8) is 0 Å². The number of esters is 3. The minimum absolute atomic E-state index is 0.0388. The molecule has 0 atom stereocenters. The minimum Gasteiger partial charge on any atom is -0.462 e. The second kappa shape index (κ2) is 11.0. The molecule has 1 rings (SSSR count). The fourth-order valence-electron chi connectivity index (χ4n) is 1.68. The van der Waals surface area contributed by atoms with E-state index in [1.165, 1.54) is 12.1 Å². The Morgan fingerprint density at radius 1 is 0.917 bits per heavy atom. The molecule has 0 aliphatic heterocycles. The van der Waals surface area contributed by atoms with E-state index in [2.05, 4.69) is 6.58 Å². The molecule has 1 N–H and O–H groups in total. The summed E-state index contributed by atoms with van der Waals surface area (Å²) in [6, 6.07) is 6.13. The van der Waals surface area contributed by atoms with Crippen LogP contribution in [0, 0.1) is 0 Å². The lowest BCUT2D eigenvalue weighted by Gasteiger charge is -2.09. The van der Waals surface area contributed by atoms with Crippen LogP contribution in [0.15, 0.2) is 36.9 Å². The average molecular weight is 336 g/mol. The van der Waals surface area contributed by atoms with Crippen molar-refractivity contribution in [2.45, 2.75) is 12.8 Å². The van der Waals surface area contributed by atoms with E-state index in [-0.39, 0.29) is 37.6 Å². The highest BCUT2D eigenvalue weighted by Gasteiger charge is 2.18. The van der Waals surface area contributed by atoms with Crippen molar-refractivity contribution in [1.82, 2.24) is 0 Å². The van der Waals surface area contributed by atoms with Gasteiger partial charge < -0.3 is 19.3 Å². The Morgan fingerprint density at radius 2 is 1.42 bits per heavy atom. The smallest absolute Gasteiger partial charge is 0.339 e. The van der Waals surface area contributed by atoms with Gasteiger partial charge in [-0.25, -0.2) is 14.4 Å². The highest BCUT2D eigenvalue weighted by molar-refractivity contribution is 6.03. The number of ether oxygens (including phenoxy) is 3. The van der Waals surface area contributed by atoms with Crippen molar-refractivity contribution in [3.8, 4) is 0 Å². The zero-order valence-electron chi connectivity index (χ0n) is 13.2. The van der Waals surface area contributed by atoms with E-state index in [4.69, 9.17) is 19.3 Å². The molecule has 130 valence electrons. The van der Waals surface area contributed by atoms with E-state index in [0.29, 0.717) is 12.8 Å². The van der Waals surface area contributed by atoms with E-state index in [1.807, 2.05) is 0 Å². The normalized spacial score (nSPS) is 9.88. The summed E-state index contributed by atoms with van der Waals surface area (Å²) in [7, 11) is 0. The SMILES string of the molecule is C=CC(=O)OCCCOC(=O)c1ccccc1C(=O)OCCCO. The van der Waals surface area contributed by atoms with Crippen LogP contribution in [0.4, 0.5) is 0 Å². The summed E-state index contributed by atoms with van der Waals surface area (Å²) in [6.45, 7) is 3.37. The average Bonchev–Trinajstić information content (AvgIpc) is 2.61. The fourth-order valence-corrected chi connectivity index (χ4v) is 1.68. The second-order valence-corrected chi connectivity index (χ2v) is 4.62. The van der Waals surface area contributed by atoms with Crippen LogP contribution in [0.3, 0.4) is 0 Å². The first kappa shape index (κ1) is 19.4. The summed E-state index contributed by atoms with van der Waals surface area (Å²) in [5, 5.41) is 8.68. The summed E-state index contributed by atoms with van der Waals surface area (Å²) in [5.41, 5.74) is 0.188. The Bertz CT molecular complexity index is 580. The van der Waals surface area contributed by atoms with Crippen LogP contribution in [-0.4, -0.2) is 49.4 Å². The van der Waals surface area contributed by atoms with Crippen molar-refractivity contribution in [1.29, 1.82) is 0 Å². The Kier molecular flexibility index (Phi) is 8.85. The number of hydrogen-bond acceptors (Lipinski definition) is 7. The summed E-state index contributed by atoms with van der Waals surface area (Å²) in [5.74, 6) is -1.87. The molecule has 0 unspecified atom stereocenters. The van der Waals surface area contributed by atoms with Gasteiger partial charge in [-0.1, -0.05) is 18.7 Å². The van der Waals surface area contributed by atoms with Gasteiger partial charge in [0.15, 0.2) is 0 Å². The van der Waals surface area contributed by atoms with Gasteiger partial charge in [0, 0.05) is 25.5 Å². The molecule has 1 aromatic carbocycles. The van der Waals surface area contributed by atoms with Crippen molar-refractivity contribution in [2.75, 3.05) is 26.4 Å². The number of carbonyl (C=O) groups is 3. The number of hydrogen-bond donors (Lipinski definition) is 1. The quantitative estimate of drug-likeness (QED) is 0.299. The fraction of sp³-hybridized carbons (Fsp3) is 0.353. The third kappa shape index (κ3) is 6.62. The van der Waals surface area contributed by atoms with Crippen molar-refractivity contribution < 1.29 is 33.7 Å². The van der Waals surface area contributed by atoms with Gasteiger partial charge in [0.05, 0.1) is 30.9 Å². The molecule has 0 aliphatic carbocycles. The number of aliphatic hydroxyl groups is 1. The predicted molar refractivity (Wildman–Crippen MR) is 84.5 cm³/mol. The summed E-state index contributed by atoms with van der Waals surface area (Å²) in [4.78, 5) is 34.9. The van der Waals surface area contributed by atoms with E-state index in [9.17, 15) is 14.4 Å². The first-order valence-electron chi connectivity index (χ1n) is 7.43. The summed E-state index contributed by atoms with van der Waals surface area (Å²) in [6.07, 6.45) is 1.70. The van der Waals surface area contributed by atoms with Gasteiger partial charge in [-0.3, -0.25) is 0 Å². The van der Waals surface area contributed by atoms with Gasteiger partial charge in [0.25, 0.3) is 0 Å². The van der Waals surface area contributed by atoms with E-state index in [0.717, 1.165) is 6.08 Å². The zero-order chi connectivity index (χ0) is 17.8. The number of benzene rings is 1. The predicted octanol–water partition coefficient (Wildman–Crippen LogP) is 1.50. The molecule has 0 heterocycles. The van der Waals surface area contributed by atoms with Crippen LogP contribution >= 0.6 is 0 Å². The molecule has 0 bridgehead atoms. The molecular weight excluding hydrogens is 316 g/mol. The first-order chi connectivity index (χ1) is 11.6. The van der Waals surface area contributed by atoms with Gasteiger partial charge in [0.1, 0.15) is 0 Å². The second-order valence-electron chi connectivity index (χ2n) is 4.62. The summed E-state index contributed by atoms with van der Waals surface area (Å²) >= 11 is 0. The van der Waals surface area contributed by atoms with Crippen molar-refractivity contribution in [3.05, 3.63) is 48.0 Å². The van der Waals surface area contributed by atoms with E-state index >= 15 is 0 Å². The van der Waals surface area contributed by atoms with Crippen LogP contribution < -0.4 is 0 Å². The first-order valence-corrected chi connectivity index (χ1v) is 7.43. The maximum absolute atomic E-state index is 12.1. The zero-order valence-corrected chi connectivity index (χ0v) is 13.2. The lowest BCUT2D eigenvalue weighted by Crippen LogP contribution is -2.16. The van der Waals surface area contributed by atoms with E-state index in [1.54, 1.807) is 12.1 Å². The Balaban J connectivity index is 2.53. The molecule has 0 fully saturated rings. The molecule has 0 amide bonds. The standard InChI is InChI=1S/C17H20O7/c1-2-15(19)22-11-6-12-24-17(21)14-8-4-3-7-13(14)16(20)23-10-5-9-18/h2-4,7-8,18H,1,5-6,9-12H2. The molecule has 0 spiro atoms. The van der Waals surface area contributed by atoms with Gasteiger partial charge in [0.2, 0.25) is 0 Å². The van der Waals surface area contributed by atoms with Gasteiger partial charge in [-0.2, -0.15) is 0 Å². The third-order valence-corrected chi connectivity index (χ3v) is 2.84. The highest BCUT2D eigenvalue weighted by Crippen LogP contribution is 2.12. The number of rotatable bonds is 10. The molecule has 7 nitrogen and oxygen atoms in total. The molecule has 0 saturated carbocycles. The van der Waals surface area contributed by atoms with Crippen LogP contribution in [0.1, 0.15) is 33.6 Å². The largest absolute Gasteiger partial charge is 0.462 e. The molecule has 0 aliphatic rings. The maximum Gasteiger partial charge on any atom is 0.339 e. The highest BCUT2D eigenvalue weighted by atomic mass is 16.5. The monoisotopic (exact) mass is 336 g/mol. The Labute approximate surface area is 139 Å². The molecule has 24 heavy (non-hydrogen) atoms. The molecule has 1 aromatic rings. The summed E-state index contributed by atoms with van der Waals surface area (Å²) < 4.78 is 14.8. The minimum atomic E-state index is -0.667. The van der Waals surface area contributed by atoms with Crippen LogP contribution in [0.5, 0.6) is 0 Å². The molecule has 0 saturated heterocycles. The number of aliphatic hydroxyl groups excluding tert-OH is 1. The van der Waals surface area contributed by atoms with Crippen LogP contribution in [-0.2, 0) is 19.0 Å². The maximum atomic E-state index is 12.1. The Morgan fingerprint density at radius 3 is 1.92 bits per heavy atom. The van der Waals surface area contributed by atoms with Crippen LogP contribution in [0.2, 0.25) is 0 Å². The van der Waals surface area contributed by atoms with Crippen molar-refractivity contribution >= 4 is 17.9 Å². The molecule has 0 aromatic heterocycles. The van der Waals surface area contributed by atoms with Crippen molar-refractivity contribution in [2.24, 2.45) is 0 Å². The lowest BCUT2D eigenvalue weighted by atomic mass is 10.1. The van der Waals surface area contributed by atoms with Gasteiger partial charge in [-0.05, 0) is 12.1 Å². The molecular formula is C17H20O7. The van der Waals surface area contributed by atoms with Gasteiger partial charge in [-0.15, -0.1) is 0 Å². The topological polar surface area (TPSA) is 99.1 Å². The number of carbonyl (C=O) groups excluding carboxylic acids is 3. The van der Waals surface area contributed by atoms with Crippen LogP contribution in [0.25, 0.3) is 0 Å². The van der Waals surface area contributed by atoms with E-state index < -0.39 is 17.9 Å². The van der Waals surface area contributed by atoms with Gasteiger partial charge >= 0.3 is 17.9 Å². The molecule has 7 heteroatoms. The Hall–Kier alpha value is -2.67. The lowest BCUT2D eigenvalue weighted by molar-refractivity contribution is -0.137.